The zero-order valence-corrected chi connectivity index (χ0v) is 23.8. The molecule has 5 nitrogen and oxygen atoms in total. The van der Waals surface area contributed by atoms with E-state index in [2.05, 4.69) is 63.5 Å². The molecule has 0 amide bonds. The van der Waals surface area contributed by atoms with Crippen LogP contribution in [0.4, 0.5) is 5.69 Å². The van der Waals surface area contributed by atoms with Gasteiger partial charge in [0.15, 0.2) is 5.69 Å². The molecule has 0 bridgehead atoms. The predicted octanol–water partition coefficient (Wildman–Crippen LogP) is 7.53. The first kappa shape index (κ1) is 25.8. The Morgan fingerprint density at radius 2 is 1.82 bits per heavy atom. The molecule has 0 aliphatic carbocycles. The molecule has 0 spiro atoms. The third-order valence-corrected chi connectivity index (χ3v) is 9.75. The van der Waals surface area contributed by atoms with Gasteiger partial charge >= 0.3 is 5.97 Å². The van der Waals surface area contributed by atoms with E-state index in [4.69, 9.17) is 23.2 Å². The van der Waals surface area contributed by atoms with Gasteiger partial charge in [0, 0.05) is 57.3 Å². The molecule has 2 aliphatic rings. The van der Waals surface area contributed by atoms with Crippen LogP contribution in [0.25, 0.3) is 10.9 Å². The fourth-order valence-corrected chi connectivity index (χ4v) is 7.58. The molecule has 3 heterocycles. The SMILES string of the molecule is CSc1ccc2c(c1)C(N1CCN(c3cc(C(=O)O)nc4cc(Cl)cc(Cl)c34)CC1)Cc1ccccc1S2. The number of fused-ring (bicyclic) bond motifs is 3. The highest BCUT2D eigenvalue weighted by atomic mass is 35.5. The van der Waals surface area contributed by atoms with Gasteiger partial charge in [-0.3, -0.25) is 4.90 Å². The van der Waals surface area contributed by atoms with Crippen LogP contribution in [0, 0.1) is 0 Å². The normalized spacial score (nSPS) is 17.7. The molecule has 4 aromatic rings. The van der Waals surface area contributed by atoms with E-state index in [0.29, 0.717) is 15.6 Å². The van der Waals surface area contributed by atoms with Gasteiger partial charge < -0.3 is 10.0 Å². The van der Waals surface area contributed by atoms with Crippen molar-refractivity contribution >= 4 is 69.3 Å². The Hall–Kier alpha value is -2.42. The molecule has 9 heteroatoms. The maximum absolute atomic E-state index is 11.9. The van der Waals surface area contributed by atoms with E-state index < -0.39 is 5.97 Å². The highest BCUT2D eigenvalue weighted by molar-refractivity contribution is 7.99. The number of anilines is 1. The number of hydrogen-bond acceptors (Lipinski definition) is 6. The van der Waals surface area contributed by atoms with E-state index in [9.17, 15) is 9.90 Å². The van der Waals surface area contributed by atoms with Gasteiger partial charge in [-0.1, -0.05) is 53.2 Å². The highest BCUT2D eigenvalue weighted by Gasteiger charge is 2.31. The molecule has 194 valence electrons. The molecule has 38 heavy (non-hydrogen) atoms. The molecule has 1 saturated heterocycles. The van der Waals surface area contributed by atoms with E-state index in [-0.39, 0.29) is 11.7 Å². The topological polar surface area (TPSA) is 56.7 Å². The average molecular weight is 583 g/mol. The lowest BCUT2D eigenvalue weighted by Crippen LogP contribution is -2.48. The Balaban J connectivity index is 1.33. The zero-order valence-electron chi connectivity index (χ0n) is 20.7. The van der Waals surface area contributed by atoms with Crippen LogP contribution in [0.2, 0.25) is 10.0 Å². The molecule has 1 atom stereocenters. The second-order valence-electron chi connectivity index (χ2n) is 9.47. The molecule has 1 N–H and O–H groups in total. The molecule has 0 saturated carbocycles. The number of hydrogen-bond donors (Lipinski definition) is 1. The lowest BCUT2D eigenvalue weighted by atomic mass is 9.96. The maximum atomic E-state index is 11.9. The van der Waals surface area contributed by atoms with Crippen LogP contribution < -0.4 is 4.90 Å². The summed E-state index contributed by atoms with van der Waals surface area (Å²) >= 11 is 16.5. The van der Waals surface area contributed by atoms with Crippen molar-refractivity contribution in [1.82, 2.24) is 9.88 Å². The minimum Gasteiger partial charge on any atom is -0.477 e. The van der Waals surface area contributed by atoms with Crippen LogP contribution in [0.1, 0.15) is 27.7 Å². The number of benzene rings is 3. The van der Waals surface area contributed by atoms with E-state index >= 15 is 0 Å². The Bertz CT molecular complexity index is 1560. The highest BCUT2D eigenvalue weighted by Crippen LogP contribution is 2.44. The smallest absolute Gasteiger partial charge is 0.354 e. The molecule has 1 fully saturated rings. The summed E-state index contributed by atoms with van der Waals surface area (Å²) in [5, 5.41) is 11.4. The van der Waals surface area contributed by atoms with Crippen molar-refractivity contribution in [1.29, 1.82) is 0 Å². The van der Waals surface area contributed by atoms with Crippen molar-refractivity contribution < 1.29 is 9.90 Å². The molecule has 1 unspecified atom stereocenters. The van der Waals surface area contributed by atoms with Crippen molar-refractivity contribution in [2.45, 2.75) is 27.1 Å². The lowest BCUT2D eigenvalue weighted by molar-refractivity contribution is 0.0691. The van der Waals surface area contributed by atoms with Crippen molar-refractivity contribution in [2.75, 3.05) is 37.3 Å². The van der Waals surface area contributed by atoms with Crippen LogP contribution in [0.5, 0.6) is 0 Å². The first-order valence-corrected chi connectivity index (χ1v) is 15.2. The second kappa shape index (κ2) is 10.6. The average Bonchev–Trinajstić information content (AvgIpc) is 3.08. The van der Waals surface area contributed by atoms with Crippen molar-refractivity contribution in [2.24, 2.45) is 0 Å². The fourth-order valence-electron chi connectivity index (χ4n) is 5.44. The number of nitrogens with zero attached hydrogens (tertiary/aromatic N) is 3. The predicted molar refractivity (Wildman–Crippen MR) is 158 cm³/mol. The molecule has 2 aliphatic heterocycles. The van der Waals surface area contributed by atoms with Gasteiger partial charge in [-0.2, -0.15) is 0 Å². The first-order valence-electron chi connectivity index (χ1n) is 12.4. The first-order chi connectivity index (χ1) is 18.4. The standard InChI is InChI=1S/C29H25Cl2N3O2S2/c1-37-19-6-7-27-20(15-19)24(12-17-4-2-3-5-26(17)38-27)33-8-10-34(11-9-33)25-16-23(29(35)36)32-22-14-18(30)13-21(31)28(22)25/h2-7,13-16,24H,8-12H2,1H3,(H,35,36). The number of pyridine rings is 1. The number of rotatable bonds is 4. The van der Waals surface area contributed by atoms with Crippen LogP contribution in [0.15, 0.2) is 75.4 Å². The molecular weight excluding hydrogens is 557 g/mol. The zero-order chi connectivity index (χ0) is 26.4. The summed E-state index contributed by atoms with van der Waals surface area (Å²) in [5.41, 5.74) is 4.04. The summed E-state index contributed by atoms with van der Waals surface area (Å²) in [4.78, 5) is 24.9. The third kappa shape index (κ3) is 4.87. The van der Waals surface area contributed by atoms with Gasteiger partial charge in [0.1, 0.15) is 0 Å². The Kier molecular flexibility index (Phi) is 7.22. The molecular formula is C29H25Cl2N3O2S2. The van der Waals surface area contributed by atoms with Gasteiger partial charge in [0.2, 0.25) is 0 Å². The van der Waals surface area contributed by atoms with Crippen LogP contribution in [-0.2, 0) is 6.42 Å². The molecule has 3 aromatic carbocycles. The van der Waals surface area contributed by atoms with Crippen molar-refractivity contribution in [3.05, 3.63) is 87.5 Å². The summed E-state index contributed by atoms with van der Waals surface area (Å²) in [6.45, 7) is 3.19. The van der Waals surface area contributed by atoms with Crippen LogP contribution >= 0.6 is 46.7 Å². The molecule has 0 radical (unpaired) electrons. The minimum absolute atomic E-state index is 0.0100. The van der Waals surface area contributed by atoms with Gasteiger partial charge in [0.05, 0.1) is 16.2 Å². The van der Waals surface area contributed by atoms with E-state index in [1.54, 1.807) is 30.0 Å². The summed E-state index contributed by atoms with van der Waals surface area (Å²) in [7, 11) is 0. The summed E-state index contributed by atoms with van der Waals surface area (Å²) in [6, 6.07) is 20.8. The van der Waals surface area contributed by atoms with Crippen molar-refractivity contribution in [3.8, 4) is 0 Å². The quantitative estimate of drug-likeness (QED) is 0.250. The second-order valence-corrected chi connectivity index (χ2v) is 12.3. The largest absolute Gasteiger partial charge is 0.477 e. The lowest BCUT2D eigenvalue weighted by Gasteiger charge is -2.41. The molecule has 1 aromatic heterocycles. The number of carboxylic acid groups (broad SMARTS) is 1. The Morgan fingerprint density at radius 1 is 1.03 bits per heavy atom. The van der Waals surface area contributed by atoms with Gasteiger partial charge in [0.25, 0.3) is 0 Å². The summed E-state index contributed by atoms with van der Waals surface area (Å²) in [5.74, 6) is -1.07. The number of aromatic nitrogens is 1. The van der Waals surface area contributed by atoms with Gasteiger partial charge in [-0.15, -0.1) is 11.8 Å². The monoisotopic (exact) mass is 581 g/mol. The van der Waals surface area contributed by atoms with Crippen LogP contribution in [0.3, 0.4) is 0 Å². The number of thioether (sulfide) groups is 1. The van der Waals surface area contributed by atoms with E-state index in [1.807, 2.05) is 11.8 Å². The summed E-state index contributed by atoms with van der Waals surface area (Å²) in [6.07, 6.45) is 3.08. The van der Waals surface area contributed by atoms with Crippen LogP contribution in [-0.4, -0.2) is 53.4 Å². The number of halogens is 2. The number of carbonyl (C=O) groups is 1. The van der Waals surface area contributed by atoms with Crippen molar-refractivity contribution in [3.63, 3.8) is 0 Å². The van der Waals surface area contributed by atoms with E-state index in [1.165, 1.54) is 25.8 Å². The molecule has 6 rings (SSSR count). The summed E-state index contributed by atoms with van der Waals surface area (Å²) < 4.78 is 0. The van der Waals surface area contributed by atoms with Gasteiger partial charge in [-0.05, 0) is 66.3 Å². The number of carboxylic acids is 1. The maximum Gasteiger partial charge on any atom is 0.354 e. The third-order valence-electron chi connectivity index (χ3n) is 7.30. The fraction of sp³-hybridized carbons (Fsp3) is 0.241. The number of aromatic carboxylic acids is 1. The Morgan fingerprint density at radius 3 is 2.58 bits per heavy atom. The van der Waals surface area contributed by atoms with E-state index in [0.717, 1.165) is 43.7 Å². The number of piperazine rings is 1. The minimum atomic E-state index is -1.07. The Labute approximate surface area is 240 Å². The van der Waals surface area contributed by atoms with Gasteiger partial charge in [-0.25, -0.2) is 9.78 Å².